The lowest BCUT2D eigenvalue weighted by molar-refractivity contribution is -0.119. The van der Waals surface area contributed by atoms with Crippen LogP contribution < -0.4 is 5.32 Å². The minimum atomic E-state index is -0.315. The number of piperazine rings is 1. The average molecular weight is 385 g/mol. The molecule has 0 radical (unpaired) electrons. The number of rotatable bonds is 5. The van der Waals surface area contributed by atoms with Crippen molar-refractivity contribution in [3.05, 3.63) is 41.4 Å². The van der Waals surface area contributed by atoms with Crippen molar-refractivity contribution in [2.75, 3.05) is 26.2 Å². The Hall–Kier alpha value is -3.10. The van der Waals surface area contributed by atoms with Crippen LogP contribution in [0, 0.1) is 0 Å². The number of carbonyl (C=O) groups is 3. The molecule has 2 aliphatic rings. The molecular weight excluding hydrogens is 362 g/mol. The lowest BCUT2D eigenvalue weighted by Crippen LogP contribution is -2.48. The first kappa shape index (κ1) is 18.3. The fourth-order valence-electron chi connectivity index (χ4n) is 3.73. The minimum absolute atomic E-state index is 0.165. The second-order valence-corrected chi connectivity index (χ2v) is 7.04. The molecule has 9 nitrogen and oxygen atoms in total. The molecule has 0 unspecified atom stereocenters. The van der Waals surface area contributed by atoms with Crippen LogP contribution in [0.15, 0.2) is 22.8 Å². The van der Waals surface area contributed by atoms with Crippen LogP contribution in [-0.2, 0) is 24.3 Å². The van der Waals surface area contributed by atoms with Crippen molar-refractivity contribution in [2.24, 2.45) is 0 Å². The number of hydrogen-bond acceptors (Lipinski definition) is 5. The Morgan fingerprint density at radius 3 is 2.71 bits per heavy atom. The van der Waals surface area contributed by atoms with Gasteiger partial charge in [0, 0.05) is 32.7 Å². The van der Waals surface area contributed by atoms with E-state index in [2.05, 4.69) is 10.3 Å². The van der Waals surface area contributed by atoms with Gasteiger partial charge in [-0.3, -0.25) is 14.4 Å². The van der Waals surface area contributed by atoms with Crippen molar-refractivity contribution in [3.63, 3.8) is 0 Å². The Morgan fingerprint density at radius 1 is 1.18 bits per heavy atom. The number of imidazole rings is 1. The highest BCUT2D eigenvalue weighted by Crippen LogP contribution is 2.23. The highest BCUT2D eigenvalue weighted by atomic mass is 16.3. The zero-order chi connectivity index (χ0) is 19.5. The molecule has 4 heterocycles. The quantitative estimate of drug-likeness (QED) is 0.762. The molecule has 1 saturated heterocycles. The molecule has 0 saturated carbocycles. The minimum Gasteiger partial charge on any atom is -0.467 e. The van der Waals surface area contributed by atoms with Gasteiger partial charge in [0.15, 0.2) is 5.82 Å². The first-order valence-electron chi connectivity index (χ1n) is 9.56. The van der Waals surface area contributed by atoms with Crippen molar-refractivity contribution in [2.45, 2.75) is 32.4 Å². The van der Waals surface area contributed by atoms with Crippen molar-refractivity contribution >= 4 is 18.2 Å². The molecule has 4 rings (SSSR count). The Kier molecular flexibility index (Phi) is 5.14. The largest absolute Gasteiger partial charge is 0.467 e. The molecule has 2 aromatic heterocycles. The van der Waals surface area contributed by atoms with Crippen LogP contribution in [0.25, 0.3) is 0 Å². The molecule has 1 N–H and O–H groups in total. The molecule has 148 valence electrons. The summed E-state index contributed by atoms with van der Waals surface area (Å²) in [6.07, 6.45) is 5.02. The van der Waals surface area contributed by atoms with Gasteiger partial charge in [0.1, 0.15) is 11.5 Å². The first-order valence-corrected chi connectivity index (χ1v) is 9.56. The van der Waals surface area contributed by atoms with Gasteiger partial charge in [-0.05, 0) is 31.4 Å². The van der Waals surface area contributed by atoms with E-state index >= 15 is 0 Å². The number of nitrogens with zero attached hydrogens (tertiary/aromatic N) is 4. The third kappa shape index (κ3) is 3.51. The van der Waals surface area contributed by atoms with Crippen LogP contribution in [0.4, 0.5) is 0 Å². The van der Waals surface area contributed by atoms with Crippen molar-refractivity contribution in [3.8, 4) is 0 Å². The van der Waals surface area contributed by atoms with E-state index in [0.717, 1.165) is 31.4 Å². The Morgan fingerprint density at radius 2 is 2.00 bits per heavy atom. The summed E-state index contributed by atoms with van der Waals surface area (Å²) in [5.74, 6) is 0.449. The van der Waals surface area contributed by atoms with Crippen LogP contribution in [0.5, 0.6) is 0 Å². The van der Waals surface area contributed by atoms with E-state index in [9.17, 15) is 14.4 Å². The first-order chi connectivity index (χ1) is 13.7. The molecule has 3 amide bonds. The number of hydrogen-bond donors (Lipinski definition) is 1. The van der Waals surface area contributed by atoms with E-state index < -0.39 is 0 Å². The SMILES string of the molecule is O=CN1CCN(C(=O)c2nc(C(=O)NCc3ccco3)n3c2CCCC3)CC1. The molecular formula is C19H23N5O4. The second-order valence-electron chi connectivity index (χ2n) is 7.04. The predicted molar refractivity (Wildman–Crippen MR) is 98.6 cm³/mol. The maximum Gasteiger partial charge on any atom is 0.287 e. The zero-order valence-electron chi connectivity index (χ0n) is 15.6. The summed E-state index contributed by atoms with van der Waals surface area (Å²) >= 11 is 0. The zero-order valence-corrected chi connectivity index (χ0v) is 15.6. The summed E-state index contributed by atoms with van der Waals surface area (Å²) in [5, 5.41) is 2.81. The molecule has 28 heavy (non-hydrogen) atoms. The van der Waals surface area contributed by atoms with E-state index in [1.165, 1.54) is 0 Å². The number of carbonyl (C=O) groups excluding carboxylic acids is 3. The van der Waals surface area contributed by atoms with E-state index in [-0.39, 0.29) is 24.2 Å². The molecule has 2 aromatic rings. The second kappa shape index (κ2) is 7.87. The molecule has 9 heteroatoms. The summed E-state index contributed by atoms with van der Waals surface area (Å²) in [7, 11) is 0. The van der Waals surface area contributed by atoms with E-state index in [4.69, 9.17) is 4.42 Å². The normalized spacial score (nSPS) is 16.6. The highest BCUT2D eigenvalue weighted by molar-refractivity contribution is 5.97. The number of amides is 3. The summed E-state index contributed by atoms with van der Waals surface area (Å²) in [4.78, 5) is 44.4. The number of furan rings is 1. The standard InChI is InChI=1S/C19H23N5O4/c25-13-22-7-9-23(10-8-22)19(27)16-15-5-1-2-6-24(15)17(21-16)18(26)20-12-14-4-3-11-28-14/h3-4,11,13H,1-2,5-10,12H2,(H,20,26). The van der Waals surface area contributed by atoms with Gasteiger partial charge in [0.25, 0.3) is 11.8 Å². The molecule has 2 aliphatic heterocycles. The third-order valence-electron chi connectivity index (χ3n) is 5.28. The van der Waals surface area contributed by atoms with Gasteiger partial charge in [0.2, 0.25) is 6.41 Å². The van der Waals surface area contributed by atoms with Crippen LogP contribution in [-0.4, -0.2) is 63.8 Å². The topological polar surface area (TPSA) is 101 Å². The lowest BCUT2D eigenvalue weighted by Gasteiger charge is -2.32. The maximum atomic E-state index is 13.0. The summed E-state index contributed by atoms with van der Waals surface area (Å²) in [6, 6.07) is 3.55. The molecule has 0 aromatic carbocycles. The van der Waals surface area contributed by atoms with Gasteiger partial charge >= 0.3 is 0 Å². The van der Waals surface area contributed by atoms with Crippen LogP contribution in [0.1, 0.15) is 45.4 Å². The van der Waals surface area contributed by atoms with Gasteiger partial charge in [-0.25, -0.2) is 4.98 Å². The van der Waals surface area contributed by atoms with Gasteiger partial charge in [0.05, 0.1) is 18.5 Å². The maximum absolute atomic E-state index is 13.0. The summed E-state index contributed by atoms with van der Waals surface area (Å²) in [5.41, 5.74) is 1.19. The lowest BCUT2D eigenvalue weighted by atomic mass is 10.1. The smallest absolute Gasteiger partial charge is 0.287 e. The third-order valence-corrected chi connectivity index (χ3v) is 5.28. The van der Waals surface area contributed by atoms with E-state index in [1.54, 1.807) is 28.2 Å². The van der Waals surface area contributed by atoms with Gasteiger partial charge in [-0.15, -0.1) is 0 Å². The molecule has 0 bridgehead atoms. The van der Waals surface area contributed by atoms with Gasteiger partial charge in [-0.2, -0.15) is 0 Å². The highest BCUT2D eigenvalue weighted by Gasteiger charge is 2.31. The average Bonchev–Trinajstić information content (AvgIpc) is 3.39. The Balaban J connectivity index is 1.54. The van der Waals surface area contributed by atoms with Gasteiger partial charge in [-0.1, -0.05) is 0 Å². The number of aromatic nitrogens is 2. The molecule has 1 fully saturated rings. The van der Waals surface area contributed by atoms with Crippen molar-refractivity contribution in [1.29, 1.82) is 0 Å². The van der Waals surface area contributed by atoms with E-state index in [0.29, 0.717) is 44.2 Å². The van der Waals surface area contributed by atoms with Crippen LogP contribution >= 0.6 is 0 Å². The summed E-state index contributed by atoms with van der Waals surface area (Å²) in [6.45, 7) is 2.93. The Labute approximate surface area is 162 Å². The number of fused-ring (bicyclic) bond motifs is 1. The van der Waals surface area contributed by atoms with E-state index in [1.807, 2.05) is 4.57 Å². The molecule has 0 spiro atoms. The van der Waals surface area contributed by atoms with Crippen molar-refractivity contribution < 1.29 is 18.8 Å². The van der Waals surface area contributed by atoms with Crippen LogP contribution in [0.3, 0.4) is 0 Å². The van der Waals surface area contributed by atoms with Gasteiger partial charge < -0.3 is 24.1 Å². The molecule has 0 atom stereocenters. The Bertz CT molecular complexity index is 865. The monoisotopic (exact) mass is 385 g/mol. The predicted octanol–water partition coefficient (Wildman–Crippen LogP) is 0.657. The number of nitrogens with one attached hydrogen (secondary N) is 1. The fourth-order valence-corrected chi connectivity index (χ4v) is 3.73. The van der Waals surface area contributed by atoms with Crippen LogP contribution in [0.2, 0.25) is 0 Å². The fraction of sp³-hybridized carbons (Fsp3) is 0.474. The summed E-state index contributed by atoms with van der Waals surface area (Å²) < 4.78 is 7.11. The molecule has 0 aliphatic carbocycles. The van der Waals surface area contributed by atoms with Crippen molar-refractivity contribution in [1.82, 2.24) is 24.7 Å².